The summed E-state index contributed by atoms with van der Waals surface area (Å²) in [6.45, 7) is 1.41. The van der Waals surface area contributed by atoms with Gasteiger partial charge in [-0.1, -0.05) is 49.0 Å². The van der Waals surface area contributed by atoms with Crippen LogP contribution in [0.2, 0.25) is 10.0 Å². The number of carbonyl (C=O) groups excluding carboxylic acids is 3. The maximum atomic E-state index is 12.8. The SMILES string of the molecule is C[C@@H]1CCCC[C@]12NC(=O)N(CC(=O)OCc1c(Cl)cccc1Cl)C2=O. The third-order valence-corrected chi connectivity index (χ3v) is 5.94. The van der Waals surface area contributed by atoms with Crippen LogP contribution in [0.4, 0.5) is 4.79 Å². The monoisotopic (exact) mass is 398 g/mol. The van der Waals surface area contributed by atoms with Crippen LogP contribution in [-0.2, 0) is 20.9 Å². The summed E-state index contributed by atoms with van der Waals surface area (Å²) in [6.07, 6.45) is 3.38. The lowest BCUT2D eigenvalue weighted by Crippen LogP contribution is -2.54. The number of hydrogen-bond donors (Lipinski definition) is 1. The zero-order chi connectivity index (χ0) is 18.9. The normalized spacial score (nSPS) is 25.5. The quantitative estimate of drug-likeness (QED) is 0.621. The Kier molecular flexibility index (Phi) is 5.44. The molecule has 1 aliphatic heterocycles. The van der Waals surface area contributed by atoms with Gasteiger partial charge in [-0.2, -0.15) is 0 Å². The van der Waals surface area contributed by atoms with E-state index in [9.17, 15) is 14.4 Å². The Bertz CT molecular complexity index is 734. The second kappa shape index (κ2) is 7.45. The van der Waals surface area contributed by atoms with Crippen LogP contribution in [-0.4, -0.2) is 34.9 Å². The number of imide groups is 1. The summed E-state index contributed by atoms with van der Waals surface area (Å²) >= 11 is 12.1. The van der Waals surface area contributed by atoms with Gasteiger partial charge in [-0.05, 0) is 30.9 Å². The van der Waals surface area contributed by atoms with Crippen molar-refractivity contribution in [2.24, 2.45) is 5.92 Å². The van der Waals surface area contributed by atoms with Gasteiger partial charge < -0.3 is 10.1 Å². The highest BCUT2D eigenvalue weighted by Gasteiger charge is 2.55. The molecule has 0 bridgehead atoms. The molecule has 2 atom stereocenters. The minimum Gasteiger partial charge on any atom is -0.459 e. The first-order chi connectivity index (χ1) is 12.3. The molecule has 2 aliphatic rings. The summed E-state index contributed by atoms with van der Waals surface area (Å²) in [5.41, 5.74) is -0.402. The zero-order valence-electron chi connectivity index (χ0n) is 14.4. The van der Waals surface area contributed by atoms with E-state index in [0.29, 0.717) is 22.0 Å². The van der Waals surface area contributed by atoms with Crippen molar-refractivity contribution in [2.75, 3.05) is 6.54 Å². The number of hydrogen-bond acceptors (Lipinski definition) is 4. The molecule has 1 saturated heterocycles. The van der Waals surface area contributed by atoms with Gasteiger partial charge in [0.15, 0.2) is 0 Å². The Morgan fingerprint density at radius 1 is 1.31 bits per heavy atom. The van der Waals surface area contributed by atoms with Gasteiger partial charge in [0.05, 0.1) is 0 Å². The molecule has 2 fully saturated rings. The van der Waals surface area contributed by atoms with E-state index >= 15 is 0 Å². The molecule has 1 saturated carbocycles. The van der Waals surface area contributed by atoms with Crippen LogP contribution in [0.3, 0.4) is 0 Å². The molecule has 3 amide bonds. The third-order valence-electron chi connectivity index (χ3n) is 5.23. The number of ether oxygens (including phenoxy) is 1. The molecule has 0 aromatic heterocycles. The third kappa shape index (κ3) is 3.40. The number of amides is 3. The molecule has 0 unspecified atom stereocenters. The van der Waals surface area contributed by atoms with Crippen molar-refractivity contribution in [1.82, 2.24) is 10.2 Å². The second-order valence-corrected chi connectivity index (χ2v) is 7.61. The standard InChI is InChI=1S/C18H20Cl2N2O4/c1-11-5-2-3-8-18(11)16(24)22(17(25)21-18)9-15(23)26-10-12-13(19)6-4-7-14(12)20/h4,6-7,11H,2-3,5,8-10H2,1H3,(H,21,25)/t11-,18+/m1/s1. The van der Waals surface area contributed by atoms with E-state index in [2.05, 4.69) is 5.32 Å². The van der Waals surface area contributed by atoms with E-state index in [1.807, 2.05) is 6.92 Å². The molecule has 1 aromatic rings. The fourth-order valence-corrected chi connectivity index (χ4v) is 4.14. The van der Waals surface area contributed by atoms with Crippen molar-refractivity contribution in [3.8, 4) is 0 Å². The van der Waals surface area contributed by atoms with E-state index in [0.717, 1.165) is 24.2 Å². The summed E-state index contributed by atoms with van der Waals surface area (Å²) in [5.74, 6) is -0.997. The van der Waals surface area contributed by atoms with Gasteiger partial charge in [0.25, 0.3) is 5.91 Å². The molecule has 1 N–H and O–H groups in total. The number of urea groups is 1. The molecular weight excluding hydrogens is 379 g/mol. The van der Waals surface area contributed by atoms with Crippen LogP contribution in [0.1, 0.15) is 38.2 Å². The van der Waals surface area contributed by atoms with E-state index in [-0.39, 0.29) is 18.4 Å². The highest BCUT2D eigenvalue weighted by atomic mass is 35.5. The van der Waals surface area contributed by atoms with Gasteiger partial charge >= 0.3 is 12.0 Å². The van der Waals surface area contributed by atoms with Gasteiger partial charge in [-0.15, -0.1) is 0 Å². The first-order valence-electron chi connectivity index (χ1n) is 8.58. The van der Waals surface area contributed by atoms with E-state index in [1.165, 1.54) is 0 Å². The van der Waals surface area contributed by atoms with Crippen LogP contribution in [0, 0.1) is 5.92 Å². The Balaban J connectivity index is 1.64. The number of benzene rings is 1. The van der Waals surface area contributed by atoms with Gasteiger partial charge in [0.2, 0.25) is 0 Å². The molecule has 1 heterocycles. The maximum absolute atomic E-state index is 12.8. The number of rotatable bonds is 4. The molecule has 140 valence electrons. The Morgan fingerprint density at radius 3 is 2.65 bits per heavy atom. The number of esters is 1. The summed E-state index contributed by atoms with van der Waals surface area (Å²) in [6, 6.07) is 4.43. The van der Waals surface area contributed by atoms with Crippen molar-refractivity contribution in [3.63, 3.8) is 0 Å². The van der Waals surface area contributed by atoms with Crippen LogP contribution >= 0.6 is 23.2 Å². The predicted molar refractivity (Wildman–Crippen MR) is 96.9 cm³/mol. The van der Waals surface area contributed by atoms with Crippen LogP contribution < -0.4 is 5.32 Å². The molecule has 1 aliphatic carbocycles. The molecule has 1 aromatic carbocycles. The van der Waals surface area contributed by atoms with Gasteiger partial charge in [-0.3, -0.25) is 14.5 Å². The molecule has 1 spiro atoms. The topological polar surface area (TPSA) is 75.7 Å². The number of nitrogens with zero attached hydrogens (tertiary/aromatic N) is 1. The van der Waals surface area contributed by atoms with Gasteiger partial charge in [-0.25, -0.2) is 4.79 Å². The largest absolute Gasteiger partial charge is 0.459 e. The summed E-state index contributed by atoms with van der Waals surface area (Å²) in [4.78, 5) is 38.2. The van der Waals surface area contributed by atoms with Gasteiger partial charge in [0, 0.05) is 15.6 Å². The lowest BCUT2D eigenvalue weighted by atomic mass is 9.73. The zero-order valence-corrected chi connectivity index (χ0v) is 15.9. The van der Waals surface area contributed by atoms with Crippen LogP contribution in [0.15, 0.2) is 18.2 Å². The smallest absolute Gasteiger partial charge is 0.326 e. The first kappa shape index (κ1) is 19.0. The molecular formula is C18H20Cl2N2O4. The predicted octanol–water partition coefficient (Wildman–Crippen LogP) is 3.54. The van der Waals surface area contributed by atoms with Crippen LogP contribution in [0.5, 0.6) is 0 Å². The maximum Gasteiger partial charge on any atom is 0.326 e. The average Bonchev–Trinajstić information content (AvgIpc) is 2.82. The van der Waals surface area contributed by atoms with Crippen molar-refractivity contribution in [3.05, 3.63) is 33.8 Å². The van der Waals surface area contributed by atoms with Crippen molar-refractivity contribution in [2.45, 2.75) is 44.8 Å². The second-order valence-electron chi connectivity index (χ2n) is 6.80. The summed E-state index contributed by atoms with van der Waals surface area (Å²) < 4.78 is 5.17. The lowest BCUT2D eigenvalue weighted by molar-refractivity contribution is -0.149. The highest BCUT2D eigenvalue weighted by molar-refractivity contribution is 6.35. The average molecular weight is 399 g/mol. The summed E-state index contributed by atoms with van der Waals surface area (Å²) in [7, 11) is 0. The van der Waals surface area contributed by atoms with Crippen molar-refractivity contribution in [1.29, 1.82) is 0 Å². The first-order valence-corrected chi connectivity index (χ1v) is 9.33. The Morgan fingerprint density at radius 2 is 2.00 bits per heavy atom. The Labute approximate surface area is 161 Å². The molecule has 8 heteroatoms. The Hall–Kier alpha value is -1.79. The van der Waals surface area contributed by atoms with E-state index in [4.69, 9.17) is 27.9 Å². The van der Waals surface area contributed by atoms with Gasteiger partial charge in [0.1, 0.15) is 18.7 Å². The molecule has 6 nitrogen and oxygen atoms in total. The fraction of sp³-hybridized carbons (Fsp3) is 0.500. The fourth-order valence-electron chi connectivity index (χ4n) is 3.64. The van der Waals surface area contributed by atoms with Crippen molar-refractivity contribution >= 4 is 41.1 Å². The minimum atomic E-state index is -0.887. The highest BCUT2D eigenvalue weighted by Crippen LogP contribution is 2.38. The number of nitrogens with one attached hydrogen (secondary N) is 1. The van der Waals surface area contributed by atoms with Crippen LogP contribution in [0.25, 0.3) is 0 Å². The van der Waals surface area contributed by atoms with Crippen molar-refractivity contribution < 1.29 is 19.1 Å². The summed E-state index contributed by atoms with van der Waals surface area (Å²) in [5, 5.41) is 3.57. The number of halogens is 2. The lowest BCUT2D eigenvalue weighted by Gasteiger charge is -2.36. The van der Waals surface area contributed by atoms with E-state index in [1.54, 1.807) is 18.2 Å². The molecule has 0 radical (unpaired) electrons. The van der Waals surface area contributed by atoms with E-state index < -0.39 is 24.1 Å². The molecule has 26 heavy (non-hydrogen) atoms. The minimum absolute atomic E-state index is 0.0376. The number of carbonyl (C=O) groups is 3. The molecule has 3 rings (SSSR count).